The van der Waals surface area contributed by atoms with Gasteiger partial charge in [-0.25, -0.2) is 9.52 Å². The Kier molecular flexibility index (Phi) is 4.64. The molecule has 7 nitrogen and oxygen atoms in total. The number of hydrogen-bond donors (Lipinski definition) is 2. The molecule has 0 spiro atoms. The summed E-state index contributed by atoms with van der Waals surface area (Å²) in [4.78, 5) is 10.8. The summed E-state index contributed by atoms with van der Waals surface area (Å²) in [5.41, 5.74) is -2.44. The summed E-state index contributed by atoms with van der Waals surface area (Å²) in [6.45, 7) is 0. The third kappa shape index (κ3) is 4.53. The van der Waals surface area contributed by atoms with Crippen LogP contribution in [0, 0.1) is 11.3 Å². The Morgan fingerprint density at radius 3 is 2.48 bits per heavy atom. The number of carbonyl (C=O) groups excluding carboxylic acids is 1. The van der Waals surface area contributed by atoms with E-state index in [-0.39, 0.29) is 0 Å². The molecule has 0 aliphatic heterocycles. The van der Waals surface area contributed by atoms with E-state index in [1.807, 2.05) is 0 Å². The van der Waals surface area contributed by atoms with Crippen molar-refractivity contribution in [3.8, 4) is 6.07 Å². The lowest BCUT2D eigenvalue weighted by Crippen LogP contribution is -2.35. The van der Waals surface area contributed by atoms with Crippen LogP contribution >= 0.6 is 0 Å². The van der Waals surface area contributed by atoms with Gasteiger partial charge in [-0.3, -0.25) is 4.72 Å². The van der Waals surface area contributed by atoms with Crippen LogP contribution < -0.4 is 9.44 Å². The SMILES string of the molecule is COC(=O)NS(=O)(=O)Nc1ccc(C#N)c(C(F)(F)F)c1. The summed E-state index contributed by atoms with van der Waals surface area (Å²) in [5, 5.41) is 8.59. The van der Waals surface area contributed by atoms with Crippen molar-refractivity contribution >= 4 is 22.0 Å². The van der Waals surface area contributed by atoms with Crippen LogP contribution in [0.4, 0.5) is 23.7 Å². The van der Waals surface area contributed by atoms with Crippen LogP contribution in [0.3, 0.4) is 0 Å². The van der Waals surface area contributed by atoms with Gasteiger partial charge in [0.1, 0.15) is 0 Å². The molecule has 11 heteroatoms. The van der Waals surface area contributed by atoms with E-state index in [9.17, 15) is 26.4 Å². The van der Waals surface area contributed by atoms with E-state index in [0.29, 0.717) is 6.07 Å². The molecule has 1 rings (SSSR count). The number of methoxy groups -OCH3 is 1. The van der Waals surface area contributed by atoms with E-state index >= 15 is 0 Å². The van der Waals surface area contributed by atoms with Gasteiger partial charge in [0.15, 0.2) is 0 Å². The van der Waals surface area contributed by atoms with Crippen molar-refractivity contribution in [2.75, 3.05) is 11.8 Å². The average molecular weight is 323 g/mol. The molecule has 0 radical (unpaired) electrons. The van der Waals surface area contributed by atoms with Crippen LogP contribution in [0.15, 0.2) is 18.2 Å². The first kappa shape index (κ1) is 16.6. The molecule has 0 atom stereocenters. The van der Waals surface area contributed by atoms with Gasteiger partial charge in [-0.2, -0.15) is 26.9 Å². The van der Waals surface area contributed by atoms with E-state index in [2.05, 4.69) is 4.74 Å². The first-order valence-electron chi connectivity index (χ1n) is 5.09. The first-order valence-corrected chi connectivity index (χ1v) is 6.57. The number of rotatable bonds is 3. The molecule has 1 aromatic carbocycles. The smallest absolute Gasteiger partial charge is 0.422 e. The lowest BCUT2D eigenvalue weighted by atomic mass is 10.1. The van der Waals surface area contributed by atoms with Crippen LogP contribution in [0.5, 0.6) is 0 Å². The second-order valence-electron chi connectivity index (χ2n) is 3.57. The number of alkyl halides is 3. The van der Waals surface area contributed by atoms with Gasteiger partial charge in [0.05, 0.1) is 30.0 Å². The maximum atomic E-state index is 12.7. The van der Waals surface area contributed by atoms with Crippen molar-refractivity contribution in [3.05, 3.63) is 29.3 Å². The molecular formula is C10H8F3N3O4S. The van der Waals surface area contributed by atoms with Gasteiger partial charge < -0.3 is 4.74 Å². The topological polar surface area (TPSA) is 108 Å². The van der Waals surface area contributed by atoms with Crippen molar-refractivity contribution in [2.45, 2.75) is 6.18 Å². The molecule has 0 aliphatic carbocycles. The molecule has 21 heavy (non-hydrogen) atoms. The number of carbonyl (C=O) groups is 1. The van der Waals surface area contributed by atoms with Gasteiger partial charge in [-0.1, -0.05) is 0 Å². The van der Waals surface area contributed by atoms with Crippen molar-refractivity contribution in [1.29, 1.82) is 5.26 Å². The van der Waals surface area contributed by atoms with Crippen molar-refractivity contribution in [3.63, 3.8) is 0 Å². The molecule has 0 unspecified atom stereocenters. The summed E-state index contributed by atoms with van der Waals surface area (Å²) in [5.74, 6) is 0. The van der Waals surface area contributed by atoms with Gasteiger partial charge in [-0.15, -0.1) is 0 Å². The fraction of sp³-hybridized carbons (Fsp3) is 0.200. The number of hydrogen-bond acceptors (Lipinski definition) is 5. The van der Waals surface area contributed by atoms with Crippen LogP contribution in [0.25, 0.3) is 0 Å². The molecule has 2 N–H and O–H groups in total. The van der Waals surface area contributed by atoms with Crippen LogP contribution in [0.2, 0.25) is 0 Å². The van der Waals surface area contributed by atoms with Gasteiger partial charge >= 0.3 is 22.5 Å². The molecule has 0 bridgehead atoms. The summed E-state index contributed by atoms with van der Waals surface area (Å²) in [7, 11) is -3.54. The predicted molar refractivity (Wildman–Crippen MR) is 64.2 cm³/mol. The Bertz CT molecular complexity index is 694. The zero-order valence-electron chi connectivity index (χ0n) is 10.4. The van der Waals surface area contributed by atoms with Crippen molar-refractivity contribution < 1.29 is 31.1 Å². The number of ether oxygens (including phenoxy) is 1. The largest absolute Gasteiger partial charge is 0.452 e. The summed E-state index contributed by atoms with van der Waals surface area (Å²) >= 11 is 0. The number of anilines is 1. The molecule has 0 heterocycles. The third-order valence-corrected chi connectivity index (χ3v) is 3.04. The minimum Gasteiger partial charge on any atom is -0.452 e. The Labute approximate surface area is 117 Å². The highest BCUT2D eigenvalue weighted by molar-refractivity contribution is 7.91. The molecule has 1 amide bonds. The minimum absolute atomic E-state index is 0.440. The third-order valence-electron chi connectivity index (χ3n) is 2.10. The lowest BCUT2D eigenvalue weighted by molar-refractivity contribution is -0.137. The van der Waals surface area contributed by atoms with Gasteiger partial charge in [-0.05, 0) is 18.2 Å². The molecule has 1 aromatic rings. The number of nitrogens with one attached hydrogen (secondary N) is 2. The zero-order chi connectivity index (χ0) is 16.3. The van der Waals surface area contributed by atoms with Crippen molar-refractivity contribution in [2.24, 2.45) is 0 Å². The molecular weight excluding hydrogens is 315 g/mol. The van der Waals surface area contributed by atoms with Crippen molar-refractivity contribution in [1.82, 2.24) is 4.72 Å². The highest BCUT2D eigenvalue weighted by atomic mass is 32.2. The number of amides is 1. The zero-order valence-corrected chi connectivity index (χ0v) is 11.2. The van der Waals surface area contributed by atoms with E-state index in [0.717, 1.165) is 19.2 Å². The second kappa shape index (κ2) is 5.88. The number of nitrogens with zero attached hydrogens (tertiary/aromatic N) is 1. The van der Waals surface area contributed by atoms with E-state index in [1.54, 1.807) is 4.72 Å². The van der Waals surface area contributed by atoms with Gasteiger partial charge in [0, 0.05) is 0 Å². The van der Waals surface area contributed by atoms with Crippen LogP contribution in [0.1, 0.15) is 11.1 Å². The maximum absolute atomic E-state index is 12.7. The normalized spacial score (nSPS) is 11.4. The monoisotopic (exact) mass is 323 g/mol. The lowest BCUT2D eigenvalue weighted by Gasteiger charge is -2.12. The summed E-state index contributed by atoms with van der Waals surface area (Å²) in [6, 6.07) is 3.54. The standard InChI is InChI=1S/C10H8F3N3O4S/c1-20-9(17)16-21(18,19)15-7-3-2-6(5-14)8(4-7)10(11,12)13/h2-4,15H,1H3,(H,16,17). The van der Waals surface area contributed by atoms with Gasteiger partial charge in [0.2, 0.25) is 0 Å². The number of nitriles is 1. The molecule has 0 saturated carbocycles. The summed E-state index contributed by atoms with van der Waals surface area (Å²) in [6.07, 6.45) is -6.14. The fourth-order valence-electron chi connectivity index (χ4n) is 1.27. The average Bonchev–Trinajstić information content (AvgIpc) is 2.36. The molecule has 0 fully saturated rings. The Hall–Kier alpha value is -2.48. The molecule has 114 valence electrons. The quantitative estimate of drug-likeness (QED) is 0.878. The molecule has 0 aliphatic rings. The van der Waals surface area contributed by atoms with Crippen LogP contribution in [-0.2, 0) is 21.1 Å². The highest BCUT2D eigenvalue weighted by Crippen LogP contribution is 2.33. The fourth-order valence-corrected chi connectivity index (χ4v) is 2.06. The number of benzene rings is 1. The predicted octanol–water partition coefficient (Wildman–Crippen LogP) is 1.59. The Morgan fingerprint density at radius 1 is 1.38 bits per heavy atom. The number of halogens is 3. The first-order chi connectivity index (χ1) is 9.59. The summed E-state index contributed by atoms with van der Waals surface area (Å²) < 4.78 is 68.1. The minimum atomic E-state index is -4.83. The Morgan fingerprint density at radius 2 is 2.00 bits per heavy atom. The maximum Gasteiger partial charge on any atom is 0.422 e. The second-order valence-corrected chi connectivity index (χ2v) is 4.98. The molecule has 0 saturated heterocycles. The van der Waals surface area contributed by atoms with Crippen LogP contribution in [-0.4, -0.2) is 21.6 Å². The highest BCUT2D eigenvalue weighted by Gasteiger charge is 2.34. The molecule has 0 aromatic heterocycles. The van der Waals surface area contributed by atoms with E-state index < -0.39 is 39.3 Å². The van der Waals surface area contributed by atoms with Gasteiger partial charge in [0.25, 0.3) is 0 Å². The Balaban J connectivity index is 3.12. The van der Waals surface area contributed by atoms with E-state index in [4.69, 9.17) is 5.26 Å². The van der Waals surface area contributed by atoms with E-state index in [1.165, 1.54) is 10.8 Å².